The van der Waals surface area contributed by atoms with Crippen molar-refractivity contribution in [3.63, 3.8) is 0 Å². The summed E-state index contributed by atoms with van der Waals surface area (Å²) in [6, 6.07) is 21.9. The van der Waals surface area contributed by atoms with Gasteiger partial charge in [-0.25, -0.2) is 8.42 Å². The third-order valence-corrected chi connectivity index (χ3v) is 7.15. The minimum Gasteiger partial charge on any atom is -0.495 e. The Kier molecular flexibility index (Phi) is 9.54. The quantitative estimate of drug-likeness (QED) is 0.399. The smallest absolute Gasteiger partial charge is 0.244 e. The minimum absolute atomic E-state index is 0.0494. The van der Waals surface area contributed by atoms with Gasteiger partial charge in [-0.05, 0) is 35.4 Å². The van der Waals surface area contributed by atoms with Gasteiger partial charge in [0.1, 0.15) is 18.3 Å². The lowest BCUT2D eigenvalue weighted by atomic mass is 10.0. The number of halogens is 1. The van der Waals surface area contributed by atoms with Gasteiger partial charge < -0.3 is 15.0 Å². The average Bonchev–Trinajstić information content (AvgIpc) is 2.88. The Labute approximate surface area is 222 Å². The molecule has 8 nitrogen and oxygen atoms in total. The van der Waals surface area contributed by atoms with Crippen molar-refractivity contribution in [2.24, 2.45) is 0 Å². The second-order valence-electron chi connectivity index (χ2n) is 8.41. The first-order valence-corrected chi connectivity index (χ1v) is 13.8. The van der Waals surface area contributed by atoms with Crippen LogP contribution in [0.15, 0.2) is 78.9 Å². The molecule has 0 bridgehead atoms. The van der Waals surface area contributed by atoms with Crippen molar-refractivity contribution >= 4 is 39.1 Å². The maximum absolute atomic E-state index is 13.9. The maximum Gasteiger partial charge on any atom is 0.244 e. The Morgan fingerprint density at radius 1 is 0.973 bits per heavy atom. The summed E-state index contributed by atoms with van der Waals surface area (Å²) in [6.45, 7) is -0.476. The number of anilines is 1. The fraction of sp³-hybridized carbons (Fsp3) is 0.259. The molecule has 0 saturated carbocycles. The van der Waals surface area contributed by atoms with Gasteiger partial charge in [0.2, 0.25) is 21.8 Å². The van der Waals surface area contributed by atoms with Crippen LogP contribution in [0.1, 0.15) is 11.1 Å². The molecule has 2 amide bonds. The van der Waals surface area contributed by atoms with Crippen molar-refractivity contribution in [3.8, 4) is 5.75 Å². The van der Waals surface area contributed by atoms with Gasteiger partial charge in [0.05, 0.1) is 19.1 Å². The SMILES string of the molecule is CNC(=O)[C@H](Cc1ccccc1)N(Cc1cccc(Cl)c1)C(=O)CN(c1ccccc1OC)S(C)(=O)=O. The zero-order chi connectivity index (χ0) is 27.0. The first-order valence-electron chi connectivity index (χ1n) is 11.5. The lowest BCUT2D eigenvalue weighted by molar-refractivity contribution is -0.139. The van der Waals surface area contributed by atoms with Crippen LogP contribution in [0, 0.1) is 0 Å². The Hall–Kier alpha value is -3.56. The van der Waals surface area contributed by atoms with Crippen molar-refractivity contribution in [1.82, 2.24) is 10.2 Å². The summed E-state index contributed by atoms with van der Waals surface area (Å²) < 4.78 is 32.0. The van der Waals surface area contributed by atoms with E-state index in [1.807, 2.05) is 30.3 Å². The average molecular weight is 544 g/mol. The molecule has 3 aromatic rings. The summed E-state index contributed by atoms with van der Waals surface area (Å²) in [5.74, 6) is -0.627. The molecule has 0 aliphatic rings. The highest BCUT2D eigenvalue weighted by Gasteiger charge is 2.33. The summed E-state index contributed by atoms with van der Waals surface area (Å²) in [7, 11) is -0.960. The van der Waals surface area contributed by atoms with Crippen LogP contribution in [0.3, 0.4) is 0 Å². The Bertz CT molecular complexity index is 1330. The number of rotatable bonds is 11. The lowest BCUT2D eigenvalue weighted by Gasteiger charge is -2.33. The van der Waals surface area contributed by atoms with Crippen LogP contribution in [-0.2, 0) is 32.6 Å². The molecule has 0 radical (unpaired) electrons. The van der Waals surface area contributed by atoms with E-state index >= 15 is 0 Å². The number of carbonyl (C=O) groups excluding carboxylic acids is 2. The molecule has 10 heteroatoms. The first-order chi connectivity index (χ1) is 17.6. The minimum atomic E-state index is -3.88. The van der Waals surface area contributed by atoms with Crippen LogP contribution in [0.2, 0.25) is 5.02 Å². The lowest BCUT2D eigenvalue weighted by Crippen LogP contribution is -2.52. The normalized spacial score (nSPS) is 11.9. The highest BCUT2D eigenvalue weighted by molar-refractivity contribution is 7.92. The molecule has 0 aliphatic carbocycles. The van der Waals surface area contributed by atoms with E-state index < -0.39 is 28.5 Å². The fourth-order valence-electron chi connectivity index (χ4n) is 3.98. The Morgan fingerprint density at radius 3 is 2.24 bits per heavy atom. The highest BCUT2D eigenvalue weighted by atomic mass is 35.5. The monoisotopic (exact) mass is 543 g/mol. The van der Waals surface area contributed by atoms with E-state index in [0.717, 1.165) is 16.1 Å². The number of sulfonamides is 1. The summed E-state index contributed by atoms with van der Waals surface area (Å²) in [4.78, 5) is 28.4. The molecule has 0 spiro atoms. The Morgan fingerprint density at radius 2 is 1.62 bits per heavy atom. The zero-order valence-electron chi connectivity index (χ0n) is 20.9. The molecule has 3 rings (SSSR count). The van der Waals surface area contributed by atoms with E-state index in [1.165, 1.54) is 19.1 Å². The third-order valence-electron chi connectivity index (χ3n) is 5.79. The molecule has 0 aliphatic heterocycles. The number of methoxy groups -OCH3 is 1. The number of hydrogen-bond acceptors (Lipinski definition) is 5. The molecule has 1 atom stereocenters. The standard InChI is InChI=1S/C27H30ClN3O5S/c1-29-27(33)24(17-20-10-5-4-6-11-20)30(18-21-12-9-13-22(28)16-21)26(32)19-31(37(3,34)35)23-14-7-8-15-25(23)36-2/h4-16,24H,17-19H2,1-3H3,(H,29,33)/t24-/m0/s1. The van der Waals surface area contributed by atoms with E-state index in [2.05, 4.69) is 5.32 Å². The van der Waals surface area contributed by atoms with Crippen molar-refractivity contribution in [2.75, 3.05) is 31.3 Å². The van der Waals surface area contributed by atoms with Crippen LogP contribution < -0.4 is 14.4 Å². The van der Waals surface area contributed by atoms with Gasteiger partial charge in [0, 0.05) is 25.0 Å². The predicted molar refractivity (Wildman–Crippen MR) is 145 cm³/mol. The molecule has 0 saturated heterocycles. The number of carbonyl (C=O) groups is 2. The van der Waals surface area contributed by atoms with Gasteiger partial charge in [0.25, 0.3) is 0 Å². The van der Waals surface area contributed by atoms with Crippen LogP contribution in [-0.4, -0.2) is 58.1 Å². The molecule has 0 heterocycles. The summed E-state index contributed by atoms with van der Waals surface area (Å²) in [5, 5.41) is 3.12. The number of benzene rings is 3. The van der Waals surface area contributed by atoms with Gasteiger partial charge in [-0.2, -0.15) is 0 Å². The topological polar surface area (TPSA) is 96.0 Å². The van der Waals surface area contributed by atoms with E-state index in [0.29, 0.717) is 16.3 Å². The van der Waals surface area contributed by atoms with Crippen LogP contribution in [0.4, 0.5) is 5.69 Å². The molecule has 3 aromatic carbocycles. The molecule has 0 unspecified atom stereocenters. The van der Waals surface area contributed by atoms with Crippen LogP contribution in [0.25, 0.3) is 0 Å². The molecule has 1 N–H and O–H groups in total. The zero-order valence-corrected chi connectivity index (χ0v) is 22.5. The summed E-state index contributed by atoms with van der Waals surface area (Å²) in [5.41, 5.74) is 1.78. The van der Waals surface area contributed by atoms with E-state index in [-0.39, 0.29) is 24.6 Å². The highest BCUT2D eigenvalue weighted by Crippen LogP contribution is 2.30. The number of likely N-dealkylation sites (N-methyl/N-ethyl adjacent to an activating group) is 1. The van der Waals surface area contributed by atoms with Crippen LogP contribution in [0.5, 0.6) is 5.75 Å². The summed E-state index contributed by atoms with van der Waals surface area (Å²) in [6.07, 6.45) is 1.26. The first kappa shape index (κ1) is 28.0. The number of hydrogen-bond donors (Lipinski definition) is 1. The molecule has 196 valence electrons. The van der Waals surface area contributed by atoms with Gasteiger partial charge in [0.15, 0.2) is 0 Å². The number of nitrogens with zero attached hydrogens (tertiary/aromatic N) is 2. The maximum atomic E-state index is 13.9. The second kappa shape index (κ2) is 12.6. The number of amides is 2. The van der Waals surface area contributed by atoms with Crippen molar-refractivity contribution < 1.29 is 22.7 Å². The molecule has 37 heavy (non-hydrogen) atoms. The molecule has 0 aromatic heterocycles. The molecular weight excluding hydrogens is 514 g/mol. The van der Waals surface area contributed by atoms with E-state index in [4.69, 9.17) is 16.3 Å². The Balaban J connectivity index is 2.05. The number of ether oxygens (including phenoxy) is 1. The second-order valence-corrected chi connectivity index (χ2v) is 10.8. The van der Waals surface area contributed by atoms with Gasteiger partial charge in [-0.15, -0.1) is 0 Å². The van der Waals surface area contributed by atoms with E-state index in [1.54, 1.807) is 48.5 Å². The molecule has 0 fully saturated rings. The van der Waals surface area contributed by atoms with Crippen molar-refractivity contribution in [2.45, 2.75) is 19.0 Å². The fourth-order valence-corrected chi connectivity index (χ4v) is 5.05. The summed E-state index contributed by atoms with van der Waals surface area (Å²) >= 11 is 6.18. The largest absolute Gasteiger partial charge is 0.495 e. The van der Waals surface area contributed by atoms with E-state index in [9.17, 15) is 18.0 Å². The van der Waals surface area contributed by atoms with Crippen LogP contribution >= 0.6 is 11.6 Å². The van der Waals surface area contributed by atoms with Crippen molar-refractivity contribution in [1.29, 1.82) is 0 Å². The van der Waals surface area contributed by atoms with Gasteiger partial charge >= 0.3 is 0 Å². The van der Waals surface area contributed by atoms with Gasteiger partial charge in [-0.3, -0.25) is 13.9 Å². The third kappa shape index (κ3) is 7.47. The van der Waals surface area contributed by atoms with Crippen molar-refractivity contribution in [3.05, 3.63) is 95.0 Å². The molecular formula is C27H30ClN3O5S. The number of para-hydroxylation sites is 2. The number of nitrogens with one attached hydrogen (secondary N) is 1. The van der Waals surface area contributed by atoms with Gasteiger partial charge in [-0.1, -0.05) is 66.2 Å². The predicted octanol–water partition coefficient (Wildman–Crippen LogP) is 3.50.